The quantitative estimate of drug-likeness (QED) is 0.335. The molecule has 4 aliphatic rings. The van der Waals surface area contributed by atoms with Crippen molar-refractivity contribution in [1.29, 1.82) is 0 Å². The van der Waals surface area contributed by atoms with Crippen LogP contribution in [0, 0.1) is 10.1 Å². The van der Waals surface area contributed by atoms with Crippen LogP contribution in [0.3, 0.4) is 0 Å². The fraction of sp³-hybridized carbons (Fsp3) is 0.500. The Morgan fingerprint density at radius 3 is 1.65 bits per heavy atom. The average Bonchev–Trinajstić information content (AvgIpc) is 2.53. The first-order valence-corrected chi connectivity index (χ1v) is 8.40. The van der Waals surface area contributed by atoms with E-state index in [-0.39, 0.29) is 16.8 Å². The van der Waals surface area contributed by atoms with E-state index in [2.05, 4.69) is 35.5 Å². The number of rotatable bonds is 3. The van der Waals surface area contributed by atoms with E-state index in [1.807, 2.05) is 0 Å². The van der Waals surface area contributed by atoms with Crippen LogP contribution in [0.1, 0.15) is 10.4 Å². The highest BCUT2D eigenvalue weighted by atomic mass is 79.9. The second-order valence-corrected chi connectivity index (χ2v) is 6.45. The van der Waals surface area contributed by atoms with Gasteiger partial charge in [-0.1, -0.05) is 15.9 Å². The monoisotopic (exact) mass is 383 g/mol. The van der Waals surface area contributed by atoms with Crippen molar-refractivity contribution in [2.75, 3.05) is 45.3 Å². The van der Waals surface area contributed by atoms with E-state index in [0.29, 0.717) is 5.56 Å². The third-order valence-electron chi connectivity index (χ3n) is 3.92. The van der Waals surface area contributed by atoms with Gasteiger partial charge in [-0.2, -0.15) is 0 Å². The molecular weight excluding hydrogens is 366 g/mol. The summed E-state index contributed by atoms with van der Waals surface area (Å²) < 4.78 is 0. The molecule has 1 aromatic rings. The largest absolute Gasteiger partial charge is 0.293 e. The molecule has 0 amide bonds. The third-order valence-corrected chi connectivity index (χ3v) is 4.43. The number of Topliss-reactive ketones (excluding diaryl/α,β-unsaturated/α-hetero) is 1. The van der Waals surface area contributed by atoms with Crippen LogP contribution in [-0.2, 0) is 0 Å². The number of ketones is 1. The molecule has 5 rings (SSSR count). The van der Waals surface area contributed by atoms with Crippen LogP contribution in [0.2, 0.25) is 0 Å². The Morgan fingerprint density at radius 2 is 1.35 bits per heavy atom. The molecule has 0 saturated carbocycles. The van der Waals surface area contributed by atoms with E-state index in [1.54, 1.807) is 0 Å². The van der Waals surface area contributed by atoms with Crippen LogP contribution < -0.4 is 0 Å². The highest BCUT2D eigenvalue weighted by Crippen LogP contribution is 2.20. The number of carbonyl (C=O) groups excluding carboxylic acids is 1. The van der Waals surface area contributed by atoms with Crippen LogP contribution >= 0.6 is 15.9 Å². The molecule has 4 aliphatic heterocycles. The Hall–Kier alpha value is -1.39. The fourth-order valence-corrected chi connectivity index (χ4v) is 3.40. The van der Waals surface area contributed by atoms with Gasteiger partial charge in [0, 0.05) is 17.7 Å². The van der Waals surface area contributed by atoms with Gasteiger partial charge in [-0.15, -0.1) is 0 Å². The first kappa shape index (κ1) is 16.5. The molecule has 0 aromatic heterocycles. The van der Waals surface area contributed by atoms with Gasteiger partial charge in [-0.05, 0) is 12.1 Å². The number of nitro benzene ring substituents is 1. The summed E-state index contributed by atoms with van der Waals surface area (Å²) in [5.41, 5.74) is 0.466. The lowest BCUT2D eigenvalue weighted by molar-refractivity contribution is -0.384. The third kappa shape index (κ3) is 3.93. The maximum Gasteiger partial charge on any atom is 0.269 e. The first-order chi connectivity index (χ1) is 11.0. The van der Waals surface area contributed by atoms with Crippen LogP contribution in [0.15, 0.2) is 24.3 Å². The Kier molecular flexibility index (Phi) is 5.02. The van der Waals surface area contributed by atoms with Gasteiger partial charge in [-0.25, -0.2) is 0 Å². The van der Waals surface area contributed by atoms with E-state index in [4.69, 9.17) is 0 Å². The number of non-ortho nitro benzene ring substituents is 1. The molecule has 0 aliphatic carbocycles. The Balaban J connectivity index is 0.000000139. The molecule has 0 atom stereocenters. The summed E-state index contributed by atoms with van der Waals surface area (Å²) in [6, 6.07) is 5.52. The summed E-state index contributed by atoms with van der Waals surface area (Å²) in [6.07, 6.45) is 0. The molecule has 4 heterocycles. The number of hydrogen-bond donors (Lipinski definition) is 0. The molecule has 0 radical (unpaired) electrons. The lowest BCUT2D eigenvalue weighted by atomic mass is 10.1. The molecule has 4 fully saturated rings. The van der Waals surface area contributed by atoms with Crippen molar-refractivity contribution < 1.29 is 9.72 Å². The molecule has 0 spiro atoms. The standard InChI is InChI=1S/C8H6BrNO3.C6H12N4/c9-5-8(11)6-1-3-7(4-2-6)10(12)13;1-7-2-9-4-8(1)5-10(3-7)6-9/h1-4H,5H2;1-6H2. The van der Waals surface area contributed by atoms with E-state index in [9.17, 15) is 14.9 Å². The summed E-state index contributed by atoms with van der Waals surface area (Å²) in [5, 5.41) is 10.5. The summed E-state index contributed by atoms with van der Waals surface area (Å²) >= 11 is 3.02. The minimum Gasteiger partial charge on any atom is -0.293 e. The number of carbonyl (C=O) groups is 1. The molecule has 0 N–H and O–H groups in total. The number of benzene rings is 1. The molecule has 1 aromatic carbocycles. The van der Waals surface area contributed by atoms with Crippen molar-refractivity contribution in [2.24, 2.45) is 0 Å². The summed E-state index contributed by atoms with van der Waals surface area (Å²) in [7, 11) is 0. The number of nitro groups is 1. The predicted octanol–water partition coefficient (Wildman–Crippen LogP) is 1.15. The molecule has 4 bridgehead atoms. The lowest BCUT2D eigenvalue weighted by Gasteiger charge is -2.56. The number of nitrogens with zero attached hydrogens (tertiary/aromatic N) is 5. The van der Waals surface area contributed by atoms with Crippen molar-refractivity contribution in [3.05, 3.63) is 39.9 Å². The molecule has 124 valence electrons. The van der Waals surface area contributed by atoms with Crippen molar-refractivity contribution in [3.8, 4) is 0 Å². The van der Waals surface area contributed by atoms with Crippen molar-refractivity contribution >= 4 is 27.4 Å². The minimum atomic E-state index is -0.498. The molecule has 9 heteroatoms. The number of hydrogen-bond acceptors (Lipinski definition) is 7. The normalized spacial score (nSPS) is 30.5. The highest BCUT2D eigenvalue weighted by molar-refractivity contribution is 9.09. The van der Waals surface area contributed by atoms with Gasteiger partial charge in [-0.3, -0.25) is 34.5 Å². The molecule has 4 saturated heterocycles. The minimum absolute atomic E-state index is 0.00822. The zero-order valence-corrected chi connectivity index (χ0v) is 14.2. The second kappa shape index (κ2) is 7.02. The predicted molar refractivity (Wildman–Crippen MR) is 87.8 cm³/mol. The molecule has 0 unspecified atom stereocenters. The van der Waals surface area contributed by atoms with E-state index >= 15 is 0 Å². The number of halogens is 1. The van der Waals surface area contributed by atoms with Crippen LogP contribution in [0.5, 0.6) is 0 Å². The van der Waals surface area contributed by atoms with E-state index < -0.39 is 4.92 Å². The van der Waals surface area contributed by atoms with Gasteiger partial charge in [0.15, 0.2) is 5.78 Å². The maximum absolute atomic E-state index is 11.1. The molecule has 23 heavy (non-hydrogen) atoms. The van der Waals surface area contributed by atoms with Gasteiger partial charge in [0.1, 0.15) is 0 Å². The highest BCUT2D eigenvalue weighted by Gasteiger charge is 2.36. The Morgan fingerprint density at radius 1 is 0.957 bits per heavy atom. The van der Waals surface area contributed by atoms with E-state index in [1.165, 1.54) is 64.3 Å². The summed E-state index contributed by atoms with van der Waals surface area (Å²) in [4.78, 5) is 30.7. The average molecular weight is 384 g/mol. The smallest absolute Gasteiger partial charge is 0.269 e. The summed E-state index contributed by atoms with van der Waals surface area (Å²) in [5.74, 6) is -0.0881. The van der Waals surface area contributed by atoms with Gasteiger partial charge in [0.05, 0.1) is 50.3 Å². The van der Waals surface area contributed by atoms with Gasteiger partial charge in [0.2, 0.25) is 0 Å². The Bertz CT molecular complexity index is 538. The summed E-state index contributed by atoms with van der Waals surface area (Å²) in [6.45, 7) is 7.12. The van der Waals surface area contributed by atoms with Crippen LogP contribution in [0.4, 0.5) is 5.69 Å². The topological polar surface area (TPSA) is 73.2 Å². The van der Waals surface area contributed by atoms with Crippen LogP contribution in [0.25, 0.3) is 0 Å². The Labute approximate surface area is 142 Å². The zero-order chi connectivity index (χ0) is 16.4. The van der Waals surface area contributed by atoms with Crippen molar-refractivity contribution in [2.45, 2.75) is 0 Å². The zero-order valence-electron chi connectivity index (χ0n) is 12.6. The maximum atomic E-state index is 11.1. The second-order valence-electron chi connectivity index (χ2n) is 5.89. The van der Waals surface area contributed by atoms with Crippen molar-refractivity contribution in [1.82, 2.24) is 19.6 Å². The first-order valence-electron chi connectivity index (χ1n) is 7.28. The fourth-order valence-electron chi connectivity index (χ4n) is 3.08. The lowest BCUT2D eigenvalue weighted by Crippen LogP contribution is -2.71. The van der Waals surface area contributed by atoms with Gasteiger partial charge in [0.25, 0.3) is 5.69 Å². The van der Waals surface area contributed by atoms with Crippen LogP contribution in [-0.4, -0.2) is 75.6 Å². The SMILES string of the molecule is C1N2CN3CN1CN(C2)C3.O=C(CBr)c1ccc([N+](=O)[O-])cc1. The number of alkyl halides is 1. The van der Waals surface area contributed by atoms with Gasteiger partial charge >= 0.3 is 0 Å². The van der Waals surface area contributed by atoms with Crippen molar-refractivity contribution in [3.63, 3.8) is 0 Å². The van der Waals surface area contributed by atoms with Gasteiger partial charge < -0.3 is 0 Å². The molecule has 8 nitrogen and oxygen atoms in total. The molecular formula is C14H18BrN5O3. The van der Waals surface area contributed by atoms with E-state index in [0.717, 1.165) is 0 Å².